The second kappa shape index (κ2) is 3.83. The van der Waals surface area contributed by atoms with Crippen molar-refractivity contribution in [1.29, 1.82) is 0 Å². The van der Waals surface area contributed by atoms with Crippen LogP contribution >= 0.6 is 0 Å². The van der Waals surface area contributed by atoms with Crippen LogP contribution in [-0.2, 0) is 4.74 Å². The number of aromatic amines is 1. The first-order valence-corrected chi connectivity index (χ1v) is 4.79. The van der Waals surface area contributed by atoms with Crippen molar-refractivity contribution in [2.45, 2.75) is 19.4 Å². The van der Waals surface area contributed by atoms with Crippen LogP contribution in [0, 0.1) is 5.92 Å². The summed E-state index contributed by atoms with van der Waals surface area (Å²) in [5.74, 6) is 1.43. The number of ether oxygens (including phenoxy) is 1. The molecule has 1 aromatic rings. The van der Waals surface area contributed by atoms with Crippen LogP contribution in [0.1, 0.15) is 13.3 Å². The molecule has 0 bridgehead atoms. The number of nitrogens with zero attached hydrogens (tertiary/aromatic N) is 2. The van der Waals surface area contributed by atoms with E-state index in [0.717, 1.165) is 19.6 Å². The molecular formula is C8H15N5O. The first-order valence-electron chi connectivity index (χ1n) is 4.79. The first-order chi connectivity index (χ1) is 6.75. The third kappa shape index (κ3) is 1.95. The van der Waals surface area contributed by atoms with Crippen molar-refractivity contribution >= 4 is 11.9 Å². The number of nitrogen functional groups attached to an aromatic ring is 1. The zero-order valence-corrected chi connectivity index (χ0v) is 8.16. The fourth-order valence-electron chi connectivity index (χ4n) is 1.62. The van der Waals surface area contributed by atoms with Crippen LogP contribution in [-0.4, -0.2) is 34.4 Å². The average molecular weight is 197 g/mol. The van der Waals surface area contributed by atoms with E-state index in [9.17, 15) is 0 Å². The maximum atomic E-state index is 5.45. The summed E-state index contributed by atoms with van der Waals surface area (Å²) >= 11 is 0. The highest BCUT2D eigenvalue weighted by Gasteiger charge is 2.23. The Morgan fingerprint density at radius 2 is 2.57 bits per heavy atom. The van der Waals surface area contributed by atoms with Gasteiger partial charge in [0.15, 0.2) is 0 Å². The van der Waals surface area contributed by atoms with Gasteiger partial charge in [-0.15, -0.1) is 5.10 Å². The topological polar surface area (TPSA) is 88.8 Å². The molecule has 2 heterocycles. The van der Waals surface area contributed by atoms with Gasteiger partial charge in [0.1, 0.15) is 0 Å². The van der Waals surface area contributed by atoms with E-state index in [1.807, 2.05) is 0 Å². The number of anilines is 2. The summed E-state index contributed by atoms with van der Waals surface area (Å²) in [6, 6.07) is 0. The Morgan fingerprint density at radius 1 is 1.71 bits per heavy atom. The van der Waals surface area contributed by atoms with Crippen LogP contribution in [0.2, 0.25) is 0 Å². The molecule has 0 aliphatic carbocycles. The highest BCUT2D eigenvalue weighted by atomic mass is 16.5. The lowest BCUT2D eigenvalue weighted by Gasteiger charge is -2.13. The molecule has 2 rings (SSSR count). The SMILES string of the molecule is CC1OCCC1CNc1n[nH]c(N)n1. The molecule has 78 valence electrons. The minimum absolute atomic E-state index is 0.318. The summed E-state index contributed by atoms with van der Waals surface area (Å²) in [7, 11) is 0. The van der Waals surface area contributed by atoms with Crippen LogP contribution < -0.4 is 11.1 Å². The molecule has 4 N–H and O–H groups in total. The molecule has 0 spiro atoms. The monoisotopic (exact) mass is 197 g/mol. The van der Waals surface area contributed by atoms with E-state index in [0.29, 0.717) is 23.9 Å². The van der Waals surface area contributed by atoms with Gasteiger partial charge in [-0.1, -0.05) is 0 Å². The Labute approximate surface area is 82.2 Å². The lowest BCUT2D eigenvalue weighted by atomic mass is 10.0. The zero-order valence-electron chi connectivity index (χ0n) is 8.16. The lowest BCUT2D eigenvalue weighted by molar-refractivity contribution is 0.108. The molecule has 0 saturated carbocycles. The van der Waals surface area contributed by atoms with Gasteiger partial charge in [-0.2, -0.15) is 4.98 Å². The van der Waals surface area contributed by atoms with E-state index in [1.54, 1.807) is 0 Å². The fourth-order valence-corrected chi connectivity index (χ4v) is 1.62. The average Bonchev–Trinajstić information content (AvgIpc) is 2.72. The Bertz CT molecular complexity index is 300. The van der Waals surface area contributed by atoms with Crippen molar-refractivity contribution in [2.24, 2.45) is 5.92 Å². The van der Waals surface area contributed by atoms with Crippen molar-refractivity contribution < 1.29 is 4.74 Å². The molecule has 1 aliphatic heterocycles. The van der Waals surface area contributed by atoms with Crippen molar-refractivity contribution in [3.63, 3.8) is 0 Å². The molecule has 1 aromatic heterocycles. The van der Waals surface area contributed by atoms with Gasteiger partial charge in [0.25, 0.3) is 0 Å². The number of rotatable bonds is 3. The molecular weight excluding hydrogens is 182 g/mol. The zero-order chi connectivity index (χ0) is 9.97. The van der Waals surface area contributed by atoms with Gasteiger partial charge in [-0.3, -0.25) is 0 Å². The molecule has 6 nitrogen and oxygen atoms in total. The van der Waals surface area contributed by atoms with Crippen LogP contribution in [0.3, 0.4) is 0 Å². The van der Waals surface area contributed by atoms with Crippen LogP contribution in [0.15, 0.2) is 0 Å². The van der Waals surface area contributed by atoms with Gasteiger partial charge in [-0.05, 0) is 13.3 Å². The maximum absolute atomic E-state index is 5.45. The Kier molecular flexibility index (Phi) is 2.53. The summed E-state index contributed by atoms with van der Waals surface area (Å²) in [5, 5.41) is 9.59. The van der Waals surface area contributed by atoms with Crippen molar-refractivity contribution in [3.05, 3.63) is 0 Å². The minimum atomic E-state index is 0.318. The van der Waals surface area contributed by atoms with Crippen molar-refractivity contribution in [2.75, 3.05) is 24.2 Å². The van der Waals surface area contributed by atoms with E-state index in [1.165, 1.54) is 0 Å². The van der Waals surface area contributed by atoms with Crippen LogP contribution in [0.25, 0.3) is 0 Å². The Hall–Kier alpha value is -1.30. The maximum Gasteiger partial charge on any atom is 0.243 e. The number of hydrogen-bond acceptors (Lipinski definition) is 5. The standard InChI is InChI=1S/C8H15N5O/c1-5-6(2-3-14-5)4-10-8-11-7(9)12-13-8/h5-6H,2-4H2,1H3,(H4,9,10,11,12,13). The van der Waals surface area contributed by atoms with Crippen LogP contribution in [0.4, 0.5) is 11.9 Å². The molecule has 6 heteroatoms. The quantitative estimate of drug-likeness (QED) is 0.645. The summed E-state index contributed by atoms with van der Waals surface area (Å²) in [5.41, 5.74) is 5.40. The number of nitrogens with two attached hydrogens (primary N) is 1. The number of hydrogen-bond donors (Lipinski definition) is 3. The molecule has 0 amide bonds. The summed E-state index contributed by atoms with van der Waals surface area (Å²) in [4.78, 5) is 3.96. The smallest absolute Gasteiger partial charge is 0.243 e. The third-order valence-electron chi connectivity index (χ3n) is 2.56. The van der Waals surface area contributed by atoms with Gasteiger partial charge < -0.3 is 15.8 Å². The molecule has 2 unspecified atom stereocenters. The Morgan fingerprint density at radius 3 is 3.14 bits per heavy atom. The number of H-pyrrole nitrogens is 1. The van der Waals surface area contributed by atoms with E-state index in [-0.39, 0.29) is 0 Å². The summed E-state index contributed by atoms with van der Waals surface area (Å²) in [6.07, 6.45) is 1.41. The van der Waals surface area contributed by atoms with Gasteiger partial charge in [0.2, 0.25) is 11.9 Å². The van der Waals surface area contributed by atoms with Gasteiger partial charge in [0, 0.05) is 19.1 Å². The molecule has 0 radical (unpaired) electrons. The first kappa shape index (κ1) is 9.26. The van der Waals surface area contributed by atoms with E-state index in [4.69, 9.17) is 10.5 Å². The van der Waals surface area contributed by atoms with Crippen molar-refractivity contribution in [3.8, 4) is 0 Å². The van der Waals surface area contributed by atoms with E-state index >= 15 is 0 Å². The van der Waals surface area contributed by atoms with Crippen LogP contribution in [0.5, 0.6) is 0 Å². The van der Waals surface area contributed by atoms with E-state index in [2.05, 4.69) is 27.4 Å². The molecule has 1 fully saturated rings. The molecule has 2 atom stereocenters. The third-order valence-corrected chi connectivity index (χ3v) is 2.56. The Balaban J connectivity index is 1.82. The number of nitrogens with one attached hydrogen (secondary N) is 2. The van der Waals surface area contributed by atoms with Gasteiger partial charge >= 0.3 is 0 Å². The fraction of sp³-hybridized carbons (Fsp3) is 0.750. The minimum Gasteiger partial charge on any atom is -0.378 e. The predicted molar refractivity (Wildman–Crippen MR) is 52.8 cm³/mol. The van der Waals surface area contributed by atoms with E-state index < -0.39 is 0 Å². The lowest BCUT2D eigenvalue weighted by Crippen LogP contribution is -2.21. The van der Waals surface area contributed by atoms with Crippen molar-refractivity contribution in [1.82, 2.24) is 15.2 Å². The summed E-state index contributed by atoms with van der Waals surface area (Å²) < 4.78 is 5.45. The highest BCUT2D eigenvalue weighted by molar-refractivity contribution is 5.29. The largest absolute Gasteiger partial charge is 0.378 e. The molecule has 1 aliphatic rings. The second-order valence-electron chi connectivity index (χ2n) is 3.55. The second-order valence-corrected chi connectivity index (χ2v) is 3.55. The molecule has 0 aromatic carbocycles. The normalized spacial score (nSPS) is 26.6. The van der Waals surface area contributed by atoms with Gasteiger partial charge in [0.05, 0.1) is 6.10 Å². The summed E-state index contributed by atoms with van der Waals surface area (Å²) in [6.45, 7) is 3.77. The number of aromatic nitrogens is 3. The predicted octanol–water partition coefficient (Wildman–Crippen LogP) is 0.224. The molecule has 1 saturated heterocycles. The molecule has 14 heavy (non-hydrogen) atoms. The van der Waals surface area contributed by atoms with Gasteiger partial charge in [-0.25, -0.2) is 5.10 Å². The highest BCUT2D eigenvalue weighted by Crippen LogP contribution is 2.20.